The summed E-state index contributed by atoms with van der Waals surface area (Å²) in [5.41, 5.74) is 0.0612. The molecular weight excluding hydrogens is 473 g/mol. The number of anilines is 1. The Morgan fingerprint density at radius 2 is 1.72 bits per heavy atom. The number of sulfonamides is 1. The molecule has 172 valence electrons. The van der Waals surface area contributed by atoms with Gasteiger partial charge in [-0.15, -0.1) is 4.31 Å². The maximum Gasteiger partial charge on any atom is 0.416 e. The van der Waals surface area contributed by atoms with Crippen LogP contribution in [0.1, 0.15) is 11.4 Å². The second-order valence-corrected chi connectivity index (χ2v) is 8.64. The van der Waals surface area contributed by atoms with Crippen LogP contribution in [0.5, 0.6) is 0 Å². The van der Waals surface area contributed by atoms with E-state index in [1.54, 1.807) is 0 Å². The predicted octanol–water partition coefficient (Wildman–Crippen LogP) is 2.75. The van der Waals surface area contributed by atoms with Gasteiger partial charge in [0.15, 0.2) is 17.6 Å². The van der Waals surface area contributed by atoms with Gasteiger partial charge in [0.05, 0.1) is 22.0 Å². The van der Waals surface area contributed by atoms with Crippen molar-refractivity contribution in [3.05, 3.63) is 41.9 Å². The first-order valence-corrected chi connectivity index (χ1v) is 10.0. The SMILES string of the molecule is Nc1nc(C2(F)C(F)C(F)N(S(=O)(=O)c3ccc(C(F)(F)F)cc3)C2F)nc2[nH]ncc12. The van der Waals surface area contributed by atoms with Crippen LogP contribution in [0.25, 0.3) is 11.0 Å². The van der Waals surface area contributed by atoms with Crippen LogP contribution in [0.4, 0.5) is 36.6 Å². The number of fused-ring (bicyclic) bond motifs is 1. The highest BCUT2D eigenvalue weighted by Gasteiger charge is 2.69. The lowest BCUT2D eigenvalue weighted by Gasteiger charge is -2.24. The van der Waals surface area contributed by atoms with Crippen molar-refractivity contribution < 1.29 is 39.2 Å². The van der Waals surface area contributed by atoms with Gasteiger partial charge in [-0.05, 0) is 24.3 Å². The summed E-state index contributed by atoms with van der Waals surface area (Å²) in [5.74, 6) is -1.74. The summed E-state index contributed by atoms with van der Waals surface area (Å²) < 4.78 is 123. The third-order valence-corrected chi connectivity index (χ3v) is 6.70. The first kappa shape index (κ1) is 22.2. The van der Waals surface area contributed by atoms with Crippen molar-refractivity contribution in [2.75, 3.05) is 5.73 Å². The number of nitrogens with zero attached hydrogens (tertiary/aromatic N) is 4. The van der Waals surface area contributed by atoms with Crippen LogP contribution in [0.2, 0.25) is 0 Å². The Kier molecular flexibility index (Phi) is 4.85. The number of benzene rings is 1. The quantitative estimate of drug-likeness (QED) is 0.436. The molecule has 2 aromatic heterocycles. The molecule has 4 unspecified atom stereocenters. The molecule has 4 rings (SSSR count). The molecule has 1 fully saturated rings. The lowest BCUT2D eigenvalue weighted by molar-refractivity contribution is -0.137. The Bertz CT molecular complexity index is 1280. The monoisotopic (exact) mass is 484 g/mol. The minimum Gasteiger partial charge on any atom is -0.383 e. The Balaban J connectivity index is 1.77. The summed E-state index contributed by atoms with van der Waals surface area (Å²) in [6.45, 7) is 0. The van der Waals surface area contributed by atoms with Crippen LogP contribution in [-0.4, -0.2) is 51.7 Å². The molecule has 3 heterocycles. The molecule has 0 bridgehead atoms. The molecule has 0 saturated carbocycles. The molecule has 0 spiro atoms. The maximum absolute atomic E-state index is 15.6. The van der Waals surface area contributed by atoms with Gasteiger partial charge in [-0.2, -0.15) is 18.3 Å². The number of alkyl halides is 7. The van der Waals surface area contributed by atoms with Gasteiger partial charge in [-0.1, -0.05) is 0 Å². The van der Waals surface area contributed by atoms with Crippen LogP contribution in [0.3, 0.4) is 0 Å². The number of H-pyrrole nitrogens is 1. The van der Waals surface area contributed by atoms with Gasteiger partial charge >= 0.3 is 6.18 Å². The molecule has 8 nitrogen and oxygen atoms in total. The minimum absolute atomic E-state index is 0.0622. The molecule has 1 saturated heterocycles. The van der Waals surface area contributed by atoms with Crippen molar-refractivity contribution in [3.8, 4) is 0 Å². The average Bonchev–Trinajstić information content (AvgIpc) is 3.27. The van der Waals surface area contributed by atoms with Gasteiger partial charge in [-0.25, -0.2) is 35.9 Å². The molecule has 3 aromatic rings. The van der Waals surface area contributed by atoms with E-state index in [-0.39, 0.29) is 11.0 Å². The van der Waals surface area contributed by atoms with Gasteiger partial charge in [0, 0.05) is 0 Å². The van der Waals surface area contributed by atoms with Crippen LogP contribution in [-0.2, 0) is 21.9 Å². The van der Waals surface area contributed by atoms with Gasteiger partial charge < -0.3 is 5.73 Å². The highest BCUT2D eigenvalue weighted by Crippen LogP contribution is 2.49. The van der Waals surface area contributed by atoms with Crippen molar-refractivity contribution >= 4 is 26.9 Å². The van der Waals surface area contributed by atoms with E-state index >= 15 is 8.78 Å². The first-order chi connectivity index (χ1) is 14.8. The topological polar surface area (TPSA) is 118 Å². The molecule has 0 aliphatic carbocycles. The fourth-order valence-corrected chi connectivity index (χ4v) is 4.71. The van der Waals surface area contributed by atoms with Crippen LogP contribution in [0, 0.1) is 0 Å². The molecule has 0 radical (unpaired) electrons. The van der Waals surface area contributed by atoms with Gasteiger partial charge in [0.2, 0.25) is 28.3 Å². The lowest BCUT2D eigenvalue weighted by Crippen LogP contribution is -2.42. The van der Waals surface area contributed by atoms with E-state index in [9.17, 15) is 30.4 Å². The molecule has 1 aliphatic heterocycles. The summed E-state index contributed by atoms with van der Waals surface area (Å²) in [6.07, 6.45) is -14.0. The Morgan fingerprint density at radius 3 is 2.31 bits per heavy atom. The molecular formula is C16H11F7N6O2S. The van der Waals surface area contributed by atoms with Gasteiger partial charge in [-0.3, -0.25) is 5.10 Å². The van der Waals surface area contributed by atoms with E-state index in [1.807, 2.05) is 0 Å². The fourth-order valence-electron chi connectivity index (χ4n) is 3.22. The van der Waals surface area contributed by atoms with Gasteiger partial charge in [0.1, 0.15) is 5.82 Å². The number of hydrogen-bond acceptors (Lipinski definition) is 6. The lowest BCUT2D eigenvalue weighted by atomic mass is 10.0. The standard InChI is InChI=1S/C16H11F7N6O2S/c17-9-10(18)29(32(30,31)7-3-1-6(2-4-7)16(21,22)23)13(19)15(9,20)14-26-11(24)8-5-25-28-12(8)27-14/h1-5,9-10,13H,(H3,24,25,26,27,28). The van der Waals surface area contributed by atoms with Gasteiger partial charge in [0.25, 0.3) is 0 Å². The number of halogens is 7. The van der Waals surface area contributed by atoms with Crippen LogP contribution < -0.4 is 5.73 Å². The van der Waals surface area contributed by atoms with E-state index in [4.69, 9.17) is 5.73 Å². The molecule has 1 aromatic carbocycles. The highest BCUT2D eigenvalue weighted by molar-refractivity contribution is 7.89. The van der Waals surface area contributed by atoms with Crippen molar-refractivity contribution in [1.82, 2.24) is 24.5 Å². The third-order valence-electron chi connectivity index (χ3n) is 4.90. The number of hydrogen-bond donors (Lipinski definition) is 2. The van der Waals surface area contributed by atoms with Crippen molar-refractivity contribution in [2.24, 2.45) is 0 Å². The zero-order valence-electron chi connectivity index (χ0n) is 15.4. The molecule has 16 heteroatoms. The van der Waals surface area contributed by atoms with Crippen molar-refractivity contribution in [2.45, 2.75) is 35.5 Å². The van der Waals surface area contributed by atoms with E-state index in [0.717, 1.165) is 6.20 Å². The zero-order valence-corrected chi connectivity index (χ0v) is 16.2. The summed E-state index contributed by atoms with van der Waals surface area (Å²) in [7, 11) is -5.32. The van der Waals surface area contributed by atoms with Crippen LogP contribution >= 0.6 is 0 Å². The Hall–Kier alpha value is -3.01. The van der Waals surface area contributed by atoms with Crippen molar-refractivity contribution in [3.63, 3.8) is 0 Å². The summed E-state index contributed by atoms with van der Waals surface area (Å²) in [5, 5.41) is 5.86. The highest BCUT2D eigenvalue weighted by atomic mass is 32.2. The van der Waals surface area contributed by atoms with Crippen molar-refractivity contribution in [1.29, 1.82) is 0 Å². The van der Waals surface area contributed by atoms with E-state index in [1.165, 1.54) is 0 Å². The molecule has 4 atom stereocenters. The summed E-state index contributed by atoms with van der Waals surface area (Å²) >= 11 is 0. The second kappa shape index (κ2) is 6.99. The number of nitrogens with one attached hydrogen (secondary N) is 1. The number of aromatic nitrogens is 4. The minimum atomic E-state index is -5.32. The Morgan fingerprint density at radius 1 is 1.09 bits per heavy atom. The molecule has 0 amide bonds. The molecule has 3 N–H and O–H groups in total. The van der Waals surface area contributed by atoms with E-state index in [2.05, 4.69) is 20.2 Å². The number of nitrogen functional groups attached to an aromatic ring is 1. The fraction of sp³-hybridized carbons (Fsp3) is 0.312. The summed E-state index contributed by atoms with van der Waals surface area (Å²) in [4.78, 5) is 5.95. The molecule has 1 aliphatic rings. The predicted molar refractivity (Wildman–Crippen MR) is 94.0 cm³/mol. The number of rotatable bonds is 3. The second-order valence-electron chi connectivity index (χ2n) is 6.80. The summed E-state index contributed by atoms with van der Waals surface area (Å²) in [6, 6.07) is 1.51. The van der Waals surface area contributed by atoms with Crippen LogP contribution in [0.15, 0.2) is 35.4 Å². The number of aromatic amines is 1. The smallest absolute Gasteiger partial charge is 0.383 e. The normalized spacial score (nSPS) is 27.3. The largest absolute Gasteiger partial charge is 0.416 e. The van der Waals surface area contributed by atoms with E-state index < -0.39 is 67.0 Å². The Labute approximate surface area is 174 Å². The first-order valence-electron chi connectivity index (χ1n) is 8.58. The zero-order chi connectivity index (χ0) is 23.6. The average molecular weight is 484 g/mol. The third kappa shape index (κ3) is 3.08. The number of nitrogens with two attached hydrogens (primary N) is 1. The molecule has 32 heavy (non-hydrogen) atoms. The maximum atomic E-state index is 15.6. The van der Waals surface area contributed by atoms with E-state index in [0.29, 0.717) is 24.3 Å².